The summed E-state index contributed by atoms with van der Waals surface area (Å²) in [5, 5.41) is 3.43. The smallest absolute Gasteiger partial charge is 0.232 e. The third-order valence-corrected chi connectivity index (χ3v) is 4.92. The SMILES string of the molecule is Cc1cc(Nc2ccc(Br)cc2C)nc(N2CCc3ccccc32)n1. The molecule has 0 atom stereocenters. The number of hydrogen-bond acceptors (Lipinski definition) is 4. The Morgan fingerprint density at radius 1 is 1.04 bits per heavy atom. The lowest BCUT2D eigenvalue weighted by atomic mass is 10.2. The van der Waals surface area contributed by atoms with Crippen molar-refractivity contribution in [1.29, 1.82) is 0 Å². The van der Waals surface area contributed by atoms with E-state index >= 15 is 0 Å². The molecule has 25 heavy (non-hydrogen) atoms. The predicted octanol–water partition coefficient (Wildman–Crippen LogP) is 5.29. The Labute approximate surface area is 156 Å². The fraction of sp³-hybridized carbons (Fsp3) is 0.200. The van der Waals surface area contributed by atoms with Crippen LogP contribution in [0.5, 0.6) is 0 Å². The van der Waals surface area contributed by atoms with Crippen molar-refractivity contribution in [2.24, 2.45) is 0 Å². The molecule has 0 bridgehead atoms. The van der Waals surface area contributed by atoms with Crippen molar-refractivity contribution in [1.82, 2.24) is 9.97 Å². The average molecular weight is 395 g/mol. The number of nitrogens with one attached hydrogen (secondary N) is 1. The predicted molar refractivity (Wildman–Crippen MR) is 106 cm³/mol. The van der Waals surface area contributed by atoms with Gasteiger partial charge >= 0.3 is 0 Å². The molecule has 1 N–H and O–H groups in total. The van der Waals surface area contributed by atoms with Crippen LogP contribution in [0.25, 0.3) is 0 Å². The van der Waals surface area contributed by atoms with Gasteiger partial charge in [-0.05, 0) is 55.7 Å². The maximum atomic E-state index is 4.77. The molecule has 0 unspecified atom stereocenters. The number of nitrogens with zero attached hydrogens (tertiary/aromatic N) is 3. The zero-order valence-corrected chi connectivity index (χ0v) is 15.8. The van der Waals surface area contributed by atoms with Gasteiger partial charge in [-0.2, -0.15) is 4.98 Å². The summed E-state index contributed by atoms with van der Waals surface area (Å²) >= 11 is 3.50. The molecule has 0 fully saturated rings. The van der Waals surface area contributed by atoms with E-state index < -0.39 is 0 Å². The summed E-state index contributed by atoms with van der Waals surface area (Å²) in [6, 6.07) is 16.6. The molecule has 0 spiro atoms. The number of aryl methyl sites for hydroxylation is 2. The van der Waals surface area contributed by atoms with Gasteiger partial charge in [0, 0.05) is 34.2 Å². The van der Waals surface area contributed by atoms with E-state index in [1.165, 1.54) is 16.8 Å². The van der Waals surface area contributed by atoms with Crippen LogP contribution in [0.4, 0.5) is 23.1 Å². The molecule has 0 saturated carbocycles. The molecule has 5 heteroatoms. The molecule has 3 aromatic rings. The van der Waals surface area contributed by atoms with E-state index in [1.54, 1.807) is 0 Å². The highest BCUT2D eigenvalue weighted by atomic mass is 79.9. The van der Waals surface area contributed by atoms with E-state index in [0.717, 1.165) is 40.6 Å². The Balaban J connectivity index is 1.68. The van der Waals surface area contributed by atoms with Crippen molar-refractivity contribution in [3.63, 3.8) is 0 Å². The van der Waals surface area contributed by atoms with Gasteiger partial charge in [0.1, 0.15) is 5.82 Å². The Morgan fingerprint density at radius 2 is 1.88 bits per heavy atom. The molecule has 126 valence electrons. The van der Waals surface area contributed by atoms with E-state index in [4.69, 9.17) is 4.98 Å². The van der Waals surface area contributed by atoms with E-state index in [9.17, 15) is 0 Å². The van der Waals surface area contributed by atoms with Crippen LogP contribution in [0, 0.1) is 13.8 Å². The Hall–Kier alpha value is -2.40. The van der Waals surface area contributed by atoms with Crippen molar-refractivity contribution < 1.29 is 0 Å². The van der Waals surface area contributed by atoms with E-state index in [-0.39, 0.29) is 0 Å². The van der Waals surface area contributed by atoms with Gasteiger partial charge in [0.2, 0.25) is 5.95 Å². The minimum Gasteiger partial charge on any atom is -0.340 e. The maximum absolute atomic E-state index is 4.77. The summed E-state index contributed by atoms with van der Waals surface area (Å²) in [6.07, 6.45) is 1.03. The summed E-state index contributed by atoms with van der Waals surface area (Å²) in [5.74, 6) is 1.57. The summed E-state index contributed by atoms with van der Waals surface area (Å²) < 4.78 is 1.07. The molecular weight excluding hydrogens is 376 g/mol. The molecule has 0 saturated heterocycles. The van der Waals surface area contributed by atoms with Crippen LogP contribution in [0.15, 0.2) is 53.0 Å². The number of hydrogen-bond donors (Lipinski definition) is 1. The van der Waals surface area contributed by atoms with Crippen LogP contribution in [0.2, 0.25) is 0 Å². The van der Waals surface area contributed by atoms with Crippen LogP contribution in [-0.4, -0.2) is 16.5 Å². The van der Waals surface area contributed by atoms with Crippen LogP contribution >= 0.6 is 15.9 Å². The second kappa shape index (κ2) is 6.48. The fourth-order valence-electron chi connectivity index (χ4n) is 3.19. The monoisotopic (exact) mass is 394 g/mol. The number of fused-ring (bicyclic) bond motifs is 1. The molecule has 1 aliphatic heterocycles. The number of halogens is 1. The molecule has 2 heterocycles. The molecular formula is C20H19BrN4. The molecule has 1 aromatic heterocycles. The van der Waals surface area contributed by atoms with Gasteiger partial charge in [-0.1, -0.05) is 34.1 Å². The second-order valence-corrected chi connectivity index (χ2v) is 7.22. The minimum absolute atomic E-state index is 0.752. The maximum Gasteiger partial charge on any atom is 0.232 e. The van der Waals surface area contributed by atoms with Gasteiger partial charge in [0.25, 0.3) is 0 Å². The third-order valence-electron chi connectivity index (χ3n) is 4.42. The standard InChI is InChI=1S/C20H19BrN4/c1-13-11-16(21)7-8-17(13)23-19-12-14(2)22-20(24-19)25-10-9-15-5-3-4-6-18(15)25/h3-8,11-12H,9-10H2,1-2H3,(H,22,23,24). The van der Waals surface area contributed by atoms with Crippen molar-refractivity contribution in [2.45, 2.75) is 20.3 Å². The van der Waals surface area contributed by atoms with Crippen LogP contribution in [0.3, 0.4) is 0 Å². The topological polar surface area (TPSA) is 41.1 Å². The van der Waals surface area contributed by atoms with Crippen molar-refractivity contribution >= 4 is 39.1 Å². The summed E-state index contributed by atoms with van der Waals surface area (Å²) in [5.41, 5.74) is 5.73. The molecule has 4 rings (SSSR count). The molecule has 0 radical (unpaired) electrons. The largest absolute Gasteiger partial charge is 0.340 e. The highest BCUT2D eigenvalue weighted by Crippen LogP contribution is 2.33. The Kier molecular flexibility index (Phi) is 4.17. The normalized spacial score (nSPS) is 13.0. The first-order valence-corrected chi connectivity index (χ1v) is 9.14. The molecule has 4 nitrogen and oxygen atoms in total. The first-order chi connectivity index (χ1) is 12.1. The summed E-state index contributed by atoms with van der Waals surface area (Å²) in [4.78, 5) is 11.6. The van der Waals surface area contributed by atoms with Gasteiger partial charge in [0.15, 0.2) is 0 Å². The zero-order valence-electron chi connectivity index (χ0n) is 14.3. The Morgan fingerprint density at radius 3 is 2.72 bits per heavy atom. The second-order valence-electron chi connectivity index (χ2n) is 6.31. The van der Waals surface area contributed by atoms with Gasteiger partial charge in [-0.15, -0.1) is 0 Å². The highest BCUT2D eigenvalue weighted by Gasteiger charge is 2.22. The lowest BCUT2D eigenvalue weighted by molar-refractivity contribution is 0.931. The van der Waals surface area contributed by atoms with Gasteiger partial charge < -0.3 is 10.2 Å². The highest BCUT2D eigenvalue weighted by molar-refractivity contribution is 9.10. The van der Waals surface area contributed by atoms with E-state index in [1.807, 2.05) is 19.1 Å². The van der Waals surface area contributed by atoms with E-state index in [2.05, 4.69) is 74.5 Å². The summed E-state index contributed by atoms with van der Waals surface area (Å²) in [6.45, 7) is 5.01. The zero-order chi connectivity index (χ0) is 17.4. The van der Waals surface area contributed by atoms with Crippen LogP contribution in [0.1, 0.15) is 16.8 Å². The minimum atomic E-state index is 0.752. The van der Waals surface area contributed by atoms with Gasteiger partial charge in [-0.25, -0.2) is 4.98 Å². The van der Waals surface area contributed by atoms with Crippen molar-refractivity contribution in [3.05, 3.63) is 69.8 Å². The number of benzene rings is 2. The van der Waals surface area contributed by atoms with Crippen LogP contribution in [-0.2, 0) is 6.42 Å². The summed E-state index contributed by atoms with van der Waals surface area (Å²) in [7, 11) is 0. The van der Waals surface area contributed by atoms with Gasteiger partial charge in [0.05, 0.1) is 0 Å². The third kappa shape index (κ3) is 3.24. The number of aromatic nitrogens is 2. The first kappa shape index (κ1) is 16.1. The fourth-order valence-corrected chi connectivity index (χ4v) is 3.66. The number of rotatable bonds is 3. The quantitative estimate of drug-likeness (QED) is 0.654. The first-order valence-electron chi connectivity index (χ1n) is 8.34. The van der Waals surface area contributed by atoms with Crippen molar-refractivity contribution in [3.8, 4) is 0 Å². The number of anilines is 4. The lowest BCUT2D eigenvalue weighted by Gasteiger charge is -2.19. The molecule has 1 aliphatic rings. The number of para-hydroxylation sites is 1. The van der Waals surface area contributed by atoms with Crippen molar-refractivity contribution in [2.75, 3.05) is 16.8 Å². The lowest BCUT2D eigenvalue weighted by Crippen LogP contribution is -2.17. The average Bonchev–Trinajstić information content (AvgIpc) is 3.01. The molecule has 2 aromatic carbocycles. The molecule has 0 aliphatic carbocycles. The van der Waals surface area contributed by atoms with Crippen LogP contribution < -0.4 is 10.2 Å². The molecule has 0 amide bonds. The van der Waals surface area contributed by atoms with E-state index in [0.29, 0.717) is 0 Å². The van der Waals surface area contributed by atoms with Gasteiger partial charge in [-0.3, -0.25) is 0 Å². The Bertz CT molecular complexity index is 939.